The number of allylic oxidation sites excluding steroid dienone is 1. The van der Waals surface area contributed by atoms with Crippen LogP contribution in [0.1, 0.15) is 23.6 Å². The predicted octanol–water partition coefficient (Wildman–Crippen LogP) is 2.57. The molecule has 13 heavy (non-hydrogen) atoms. The topological polar surface area (TPSA) is 26.0 Å². The minimum absolute atomic E-state index is 0.619. The van der Waals surface area contributed by atoms with E-state index in [0.717, 1.165) is 6.42 Å². The second-order valence-electron chi connectivity index (χ2n) is 3.60. The summed E-state index contributed by atoms with van der Waals surface area (Å²) in [6.45, 7) is 8.70. The third-order valence-electron chi connectivity index (χ3n) is 2.13. The molecule has 0 saturated heterocycles. The first-order valence-corrected chi connectivity index (χ1v) is 4.56. The maximum absolute atomic E-state index is 5.55. The molecule has 1 rings (SSSR count). The van der Waals surface area contributed by atoms with Crippen LogP contribution in [0.15, 0.2) is 30.4 Å². The van der Waals surface area contributed by atoms with Crippen molar-refractivity contribution in [1.82, 2.24) is 0 Å². The fraction of sp³-hybridized carbons (Fsp3) is 0.333. The minimum atomic E-state index is 0.619. The van der Waals surface area contributed by atoms with Gasteiger partial charge >= 0.3 is 0 Å². The van der Waals surface area contributed by atoms with E-state index < -0.39 is 0 Å². The van der Waals surface area contributed by atoms with Gasteiger partial charge in [-0.15, -0.1) is 0 Å². The fourth-order valence-corrected chi connectivity index (χ4v) is 1.41. The van der Waals surface area contributed by atoms with Gasteiger partial charge in [0.2, 0.25) is 0 Å². The van der Waals surface area contributed by atoms with Gasteiger partial charge in [0.1, 0.15) is 0 Å². The predicted molar refractivity (Wildman–Crippen MR) is 57.6 cm³/mol. The van der Waals surface area contributed by atoms with E-state index in [4.69, 9.17) is 5.73 Å². The van der Waals surface area contributed by atoms with Crippen LogP contribution < -0.4 is 5.73 Å². The molecule has 0 aliphatic carbocycles. The van der Waals surface area contributed by atoms with Crippen LogP contribution in [0.2, 0.25) is 0 Å². The van der Waals surface area contributed by atoms with Gasteiger partial charge in [-0.25, -0.2) is 0 Å². The molecule has 0 aliphatic heterocycles. The molecule has 0 radical (unpaired) electrons. The summed E-state index contributed by atoms with van der Waals surface area (Å²) < 4.78 is 0. The third kappa shape index (κ3) is 2.71. The van der Waals surface area contributed by atoms with Crippen molar-refractivity contribution in [1.29, 1.82) is 0 Å². The molecule has 0 fully saturated rings. The first-order chi connectivity index (χ1) is 6.13. The lowest BCUT2D eigenvalue weighted by Crippen LogP contribution is -1.98. The van der Waals surface area contributed by atoms with Gasteiger partial charge in [0.15, 0.2) is 0 Å². The highest BCUT2D eigenvalue weighted by atomic mass is 14.5. The van der Waals surface area contributed by atoms with Crippen molar-refractivity contribution in [2.45, 2.75) is 26.8 Å². The Morgan fingerprint density at radius 2 is 2.15 bits per heavy atom. The van der Waals surface area contributed by atoms with Gasteiger partial charge in [0.25, 0.3) is 0 Å². The molecule has 0 amide bonds. The third-order valence-corrected chi connectivity index (χ3v) is 2.13. The van der Waals surface area contributed by atoms with Crippen LogP contribution in [-0.2, 0) is 13.0 Å². The molecule has 0 unspecified atom stereocenters. The molecule has 0 aromatic heterocycles. The van der Waals surface area contributed by atoms with Crippen molar-refractivity contribution in [2.24, 2.45) is 5.73 Å². The number of aryl methyl sites for hydroxylation is 1. The molecule has 0 heterocycles. The summed E-state index contributed by atoms with van der Waals surface area (Å²) >= 11 is 0. The van der Waals surface area contributed by atoms with Crippen molar-refractivity contribution < 1.29 is 0 Å². The Morgan fingerprint density at radius 1 is 1.46 bits per heavy atom. The maximum atomic E-state index is 5.55. The van der Waals surface area contributed by atoms with E-state index in [9.17, 15) is 0 Å². The second kappa shape index (κ2) is 4.24. The largest absolute Gasteiger partial charge is 0.326 e. The van der Waals surface area contributed by atoms with Gasteiger partial charge in [-0.3, -0.25) is 0 Å². The molecule has 0 saturated carbocycles. The van der Waals surface area contributed by atoms with Gasteiger partial charge in [-0.05, 0) is 37.0 Å². The van der Waals surface area contributed by atoms with E-state index in [1.165, 1.54) is 22.3 Å². The van der Waals surface area contributed by atoms with Crippen molar-refractivity contribution >= 4 is 0 Å². The van der Waals surface area contributed by atoms with Crippen LogP contribution in [0.3, 0.4) is 0 Å². The Morgan fingerprint density at radius 3 is 2.62 bits per heavy atom. The molecular formula is C12H17N. The zero-order valence-corrected chi connectivity index (χ0v) is 8.43. The molecule has 0 atom stereocenters. The molecule has 2 N–H and O–H groups in total. The normalized spacial score (nSPS) is 10.1. The molecule has 1 aromatic carbocycles. The van der Waals surface area contributed by atoms with E-state index in [1.807, 2.05) is 0 Å². The van der Waals surface area contributed by atoms with E-state index in [0.29, 0.717) is 6.54 Å². The van der Waals surface area contributed by atoms with Crippen LogP contribution in [0.4, 0.5) is 0 Å². The van der Waals surface area contributed by atoms with Crippen LogP contribution in [0.25, 0.3) is 0 Å². The van der Waals surface area contributed by atoms with Crippen molar-refractivity contribution in [2.75, 3.05) is 0 Å². The zero-order chi connectivity index (χ0) is 9.84. The molecule has 70 valence electrons. The number of nitrogens with two attached hydrogens (primary N) is 1. The van der Waals surface area contributed by atoms with E-state index >= 15 is 0 Å². The zero-order valence-electron chi connectivity index (χ0n) is 8.43. The van der Waals surface area contributed by atoms with Gasteiger partial charge < -0.3 is 5.73 Å². The lowest BCUT2D eigenvalue weighted by Gasteiger charge is -2.07. The number of hydrogen-bond acceptors (Lipinski definition) is 1. The fourth-order valence-electron chi connectivity index (χ4n) is 1.41. The average molecular weight is 175 g/mol. The second-order valence-corrected chi connectivity index (χ2v) is 3.60. The van der Waals surface area contributed by atoms with Crippen molar-refractivity contribution in [3.63, 3.8) is 0 Å². The Balaban J connectivity index is 2.91. The van der Waals surface area contributed by atoms with Crippen LogP contribution in [0.5, 0.6) is 0 Å². The Bertz CT molecular complexity index is 313. The summed E-state index contributed by atoms with van der Waals surface area (Å²) in [5, 5.41) is 0. The molecule has 1 aromatic rings. The molecule has 1 heteroatoms. The van der Waals surface area contributed by atoms with Gasteiger partial charge in [-0.1, -0.05) is 30.4 Å². The molecule has 1 nitrogen and oxygen atoms in total. The summed E-state index contributed by atoms with van der Waals surface area (Å²) in [4.78, 5) is 0. The number of benzene rings is 1. The van der Waals surface area contributed by atoms with Crippen molar-refractivity contribution in [3.05, 3.63) is 47.0 Å². The highest BCUT2D eigenvalue weighted by Gasteiger charge is 1.99. The van der Waals surface area contributed by atoms with Gasteiger partial charge in [-0.2, -0.15) is 0 Å². The highest BCUT2D eigenvalue weighted by molar-refractivity contribution is 5.33. The summed E-state index contributed by atoms with van der Waals surface area (Å²) in [5.41, 5.74) is 10.6. The SMILES string of the molecule is C=C(C)Cc1ccc(CN)cc1C. The van der Waals surface area contributed by atoms with E-state index in [2.05, 4.69) is 38.6 Å². The standard InChI is InChI=1S/C12H17N/c1-9(2)6-12-5-4-11(8-13)7-10(12)3/h4-5,7H,1,6,8,13H2,2-3H3. The summed E-state index contributed by atoms with van der Waals surface area (Å²) in [6.07, 6.45) is 0.969. The summed E-state index contributed by atoms with van der Waals surface area (Å²) in [7, 11) is 0. The smallest absolute Gasteiger partial charge is 0.0178 e. The van der Waals surface area contributed by atoms with Gasteiger partial charge in [0.05, 0.1) is 0 Å². The van der Waals surface area contributed by atoms with E-state index in [-0.39, 0.29) is 0 Å². The first kappa shape index (κ1) is 10.0. The Hall–Kier alpha value is -1.08. The van der Waals surface area contributed by atoms with Crippen LogP contribution >= 0.6 is 0 Å². The van der Waals surface area contributed by atoms with Gasteiger partial charge in [0, 0.05) is 6.54 Å². The van der Waals surface area contributed by atoms with E-state index in [1.54, 1.807) is 0 Å². The average Bonchev–Trinajstić information content (AvgIpc) is 2.08. The monoisotopic (exact) mass is 175 g/mol. The quantitative estimate of drug-likeness (QED) is 0.702. The van der Waals surface area contributed by atoms with Crippen LogP contribution in [0, 0.1) is 6.92 Å². The van der Waals surface area contributed by atoms with Crippen molar-refractivity contribution in [3.8, 4) is 0 Å². The lowest BCUT2D eigenvalue weighted by molar-refractivity contribution is 1.05. The molecule has 0 bridgehead atoms. The Kier molecular flexibility index (Phi) is 3.26. The number of hydrogen-bond donors (Lipinski definition) is 1. The molecular weight excluding hydrogens is 158 g/mol. The first-order valence-electron chi connectivity index (χ1n) is 4.56. The number of rotatable bonds is 3. The molecule has 0 spiro atoms. The lowest BCUT2D eigenvalue weighted by atomic mass is 10.00. The van der Waals surface area contributed by atoms with Crippen LogP contribution in [-0.4, -0.2) is 0 Å². The summed E-state index contributed by atoms with van der Waals surface area (Å²) in [5.74, 6) is 0. The maximum Gasteiger partial charge on any atom is 0.0178 e. The highest BCUT2D eigenvalue weighted by Crippen LogP contribution is 2.14. The summed E-state index contributed by atoms with van der Waals surface area (Å²) in [6, 6.07) is 6.38. The Labute approximate surface area is 80.3 Å². The minimum Gasteiger partial charge on any atom is -0.326 e. The molecule has 0 aliphatic rings.